The number of carbonyl (C=O) groups excluding carboxylic acids is 1. The van der Waals surface area contributed by atoms with Gasteiger partial charge in [-0.25, -0.2) is 4.79 Å². The molecule has 4 heteroatoms. The number of hydrogen-bond donors (Lipinski definition) is 1. The quantitative estimate of drug-likeness (QED) is 0.856. The van der Waals surface area contributed by atoms with Gasteiger partial charge in [0.25, 0.3) is 0 Å². The summed E-state index contributed by atoms with van der Waals surface area (Å²) >= 11 is 5.95. The molecule has 1 aromatic carbocycles. The number of urea groups is 1. The molecule has 114 valence electrons. The van der Waals surface area contributed by atoms with E-state index in [1.165, 1.54) is 24.8 Å². The van der Waals surface area contributed by atoms with Crippen molar-refractivity contribution < 1.29 is 4.79 Å². The predicted molar refractivity (Wildman–Crippen MR) is 85.5 cm³/mol. The zero-order chi connectivity index (χ0) is 14.7. The van der Waals surface area contributed by atoms with E-state index in [0.717, 1.165) is 37.3 Å². The van der Waals surface area contributed by atoms with Crippen molar-refractivity contribution in [3.05, 3.63) is 34.9 Å². The van der Waals surface area contributed by atoms with Gasteiger partial charge in [-0.1, -0.05) is 43.0 Å². The average molecular weight is 307 g/mol. The van der Waals surface area contributed by atoms with Gasteiger partial charge in [0.15, 0.2) is 0 Å². The highest BCUT2D eigenvalue weighted by molar-refractivity contribution is 6.30. The van der Waals surface area contributed by atoms with E-state index in [9.17, 15) is 4.79 Å². The first-order valence-corrected chi connectivity index (χ1v) is 8.44. The summed E-state index contributed by atoms with van der Waals surface area (Å²) in [5, 5.41) is 3.98. The number of carbonyl (C=O) groups is 1. The molecular formula is C17H23ClN2O. The van der Waals surface area contributed by atoms with Crippen LogP contribution in [-0.4, -0.2) is 23.5 Å². The molecule has 1 saturated carbocycles. The van der Waals surface area contributed by atoms with E-state index in [1.807, 2.05) is 29.2 Å². The number of likely N-dealkylation sites (tertiary alicyclic amines) is 1. The van der Waals surface area contributed by atoms with Gasteiger partial charge in [0.2, 0.25) is 0 Å². The minimum absolute atomic E-state index is 0.111. The largest absolute Gasteiger partial charge is 0.335 e. The summed E-state index contributed by atoms with van der Waals surface area (Å²) in [6.45, 7) is 0.853. The van der Waals surface area contributed by atoms with Crippen LogP contribution in [0.3, 0.4) is 0 Å². The van der Waals surface area contributed by atoms with Crippen LogP contribution in [0.25, 0.3) is 0 Å². The third kappa shape index (κ3) is 3.52. The van der Waals surface area contributed by atoms with Crippen molar-refractivity contribution in [3.63, 3.8) is 0 Å². The highest BCUT2D eigenvalue weighted by Crippen LogP contribution is 2.32. The third-order valence-electron chi connectivity index (χ3n) is 4.70. The van der Waals surface area contributed by atoms with E-state index in [1.54, 1.807) is 0 Å². The fourth-order valence-electron chi connectivity index (χ4n) is 3.55. The molecule has 0 radical (unpaired) electrons. The van der Waals surface area contributed by atoms with Crippen molar-refractivity contribution >= 4 is 17.6 Å². The Hall–Kier alpha value is -1.22. The molecule has 1 aromatic rings. The van der Waals surface area contributed by atoms with E-state index in [-0.39, 0.29) is 12.1 Å². The molecule has 3 nitrogen and oxygen atoms in total. The van der Waals surface area contributed by atoms with E-state index in [4.69, 9.17) is 11.6 Å². The van der Waals surface area contributed by atoms with Gasteiger partial charge >= 0.3 is 6.03 Å². The van der Waals surface area contributed by atoms with Gasteiger partial charge in [-0.2, -0.15) is 0 Å². The normalized spacial score (nSPS) is 23.3. The number of halogens is 1. The Morgan fingerprint density at radius 2 is 1.76 bits per heavy atom. The lowest BCUT2D eigenvalue weighted by molar-refractivity contribution is 0.185. The number of nitrogens with zero attached hydrogens (tertiary/aromatic N) is 1. The molecule has 1 aliphatic heterocycles. The first-order chi connectivity index (χ1) is 10.2. The van der Waals surface area contributed by atoms with E-state index in [2.05, 4.69) is 5.32 Å². The van der Waals surface area contributed by atoms with E-state index in [0.29, 0.717) is 6.04 Å². The van der Waals surface area contributed by atoms with Crippen molar-refractivity contribution in [3.8, 4) is 0 Å². The second kappa shape index (κ2) is 6.69. The number of rotatable bonds is 2. The highest BCUT2D eigenvalue weighted by atomic mass is 35.5. The molecule has 0 unspecified atom stereocenters. The van der Waals surface area contributed by atoms with Gasteiger partial charge in [-0.3, -0.25) is 0 Å². The lowest BCUT2D eigenvalue weighted by atomic mass is 9.96. The van der Waals surface area contributed by atoms with Crippen LogP contribution in [0.5, 0.6) is 0 Å². The van der Waals surface area contributed by atoms with Crippen molar-refractivity contribution in [2.45, 2.75) is 57.0 Å². The maximum absolute atomic E-state index is 12.6. The molecule has 1 heterocycles. The molecule has 3 rings (SSSR count). The molecule has 21 heavy (non-hydrogen) atoms. The Balaban J connectivity index is 1.65. The van der Waals surface area contributed by atoms with Gasteiger partial charge in [-0.15, -0.1) is 0 Å². The summed E-state index contributed by atoms with van der Waals surface area (Å²) in [5.41, 5.74) is 1.19. The summed E-state index contributed by atoms with van der Waals surface area (Å²) in [5.74, 6) is 0. The average Bonchev–Trinajstić information content (AvgIpc) is 2.98. The lowest BCUT2D eigenvalue weighted by Gasteiger charge is -2.29. The first-order valence-electron chi connectivity index (χ1n) is 8.06. The van der Waals surface area contributed by atoms with Crippen LogP contribution in [0.15, 0.2) is 24.3 Å². The molecule has 1 saturated heterocycles. The van der Waals surface area contributed by atoms with Crippen LogP contribution < -0.4 is 5.32 Å². The fourth-order valence-corrected chi connectivity index (χ4v) is 3.67. The fraction of sp³-hybridized carbons (Fsp3) is 0.588. The van der Waals surface area contributed by atoms with Crippen molar-refractivity contribution in [1.82, 2.24) is 10.2 Å². The smallest absolute Gasteiger partial charge is 0.318 e. The molecular weight excluding hydrogens is 284 g/mol. The van der Waals surface area contributed by atoms with Gasteiger partial charge in [0.05, 0.1) is 6.04 Å². The van der Waals surface area contributed by atoms with Crippen molar-refractivity contribution in [2.75, 3.05) is 6.54 Å². The van der Waals surface area contributed by atoms with Crippen LogP contribution >= 0.6 is 11.6 Å². The second-order valence-corrected chi connectivity index (χ2v) is 6.62. The predicted octanol–water partition coefficient (Wildman–Crippen LogP) is 4.52. The Morgan fingerprint density at radius 3 is 2.48 bits per heavy atom. The van der Waals surface area contributed by atoms with Crippen LogP contribution in [0.2, 0.25) is 5.02 Å². The second-order valence-electron chi connectivity index (χ2n) is 6.19. The third-order valence-corrected chi connectivity index (χ3v) is 4.95. The van der Waals surface area contributed by atoms with Crippen LogP contribution in [0, 0.1) is 0 Å². The molecule has 0 aromatic heterocycles. The highest BCUT2D eigenvalue weighted by Gasteiger charge is 2.31. The monoisotopic (exact) mass is 306 g/mol. The van der Waals surface area contributed by atoms with Gasteiger partial charge in [0, 0.05) is 17.6 Å². The standard InChI is InChI=1S/C17H23ClN2O/c18-14-10-8-13(9-11-14)16-7-4-12-20(16)17(21)19-15-5-2-1-3-6-15/h8-11,15-16H,1-7,12H2,(H,19,21)/t16-/m0/s1. The first kappa shape index (κ1) is 14.7. The molecule has 1 aliphatic carbocycles. The topological polar surface area (TPSA) is 32.3 Å². The number of benzene rings is 1. The minimum atomic E-state index is 0.111. The van der Waals surface area contributed by atoms with E-state index < -0.39 is 0 Å². The molecule has 2 amide bonds. The summed E-state index contributed by atoms with van der Waals surface area (Å²) in [7, 11) is 0. The Bertz CT molecular complexity index is 482. The summed E-state index contributed by atoms with van der Waals surface area (Å²) in [6.07, 6.45) is 8.17. The molecule has 1 atom stereocenters. The van der Waals surface area contributed by atoms with Crippen molar-refractivity contribution in [2.24, 2.45) is 0 Å². The van der Waals surface area contributed by atoms with Crippen LogP contribution in [0.4, 0.5) is 4.79 Å². The zero-order valence-corrected chi connectivity index (χ0v) is 13.1. The zero-order valence-electron chi connectivity index (χ0n) is 12.4. The van der Waals surface area contributed by atoms with Gasteiger partial charge in [-0.05, 0) is 43.4 Å². The molecule has 0 bridgehead atoms. The Morgan fingerprint density at radius 1 is 1.05 bits per heavy atom. The number of amides is 2. The summed E-state index contributed by atoms with van der Waals surface area (Å²) < 4.78 is 0. The van der Waals surface area contributed by atoms with E-state index >= 15 is 0 Å². The van der Waals surface area contributed by atoms with Gasteiger partial charge in [0.1, 0.15) is 0 Å². The molecule has 0 spiro atoms. The van der Waals surface area contributed by atoms with Crippen molar-refractivity contribution in [1.29, 1.82) is 0 Å². The Labute approximate surface area is 131 Å². The lowest BCUT2D eigenvalue weighted by Crippen LogP contribution is -2.45. The Kier molecular flexibility index (Phi) is 4.69. The molecule has 1 N–H and O–H groups in total. The van der Waals surface area contributed by atoms with Crippen LogP contribution in [0.1, 0.15) is 56.6 Å². The maximum atomic E-state index is 12.6. The number of hydrogen-bond acceptors (Lipinski definition) is 1. The van der Waals surface area contributed by atoms with Gasteiger partial charge < -0.3 is 10.2 Å². The summed E-state index contributed by atoms with van der Waals surface area (Å²) in [6, 6.07) is 8.58. The SMILES string of the molecule is O=C(NC1CCCCC1)N1CCC[C@H]1c1ccc(Cl)cc1. The minimum Gasteiger partial charge on any atom is -0.335 e. The molecule has 2 fully saturated rings. The number of nitrogens with one attached hydrogen (secondary N) is 1. The molecule has 2 aliphatic rings. The maximum Gasteiger partial charge on any atom is 0.318 e. The van der Waals surface area contributed by atoms with Crippen LogP contribution in [-0.2, 0) is 0 Å². The summed E-state index contributed by atoms with van der Waals surface area (Å²) in [4.78, 5) is 14.6.